The lowest BCUT2D eigenvalue weighted by atomic mass is 9.90. The number of hydrogen-bond donors (Lipinski definition) is 1. The minimum atomic E-state index is -0.892. The highest BCUT2D eigenvalue weighted by atomic mass is 35.5. The molecule has 2 amide bonds. The predicted molar refractivity (Wildman–Crippen MR) is 94.2 cm³/mol. The van der Waals surface area contributed by atoms with Crippen LogP contribution in [0.15, 0.2) is 24.3 Å². The molecule has 2 unspecified atom stereocenters. The first-order valence-electron chi connectivity index (χ1n) is 8.05. The Morgan fingerprint density at radius 1 is 1.28 bits per heavy atom. The molecule has 0 radical (unpaired) electrons. The lowest BCUT2D eigenvalue weighted by molar-refractivity contribution is -0.162. The second-order valence-corrected chi connectivity index (χ2v) is 7.56. The van der Waals surface area contributed by atoms with Crippen LogP contribution in [0.2, 0.25) is 5.02 Å². The van der Waals surface area contributed by atoms with Gasteiger partial charge in [-0.15, -0.1) is 0 Å². The van der Waals surface area contributed by atoms with E-state index in [9.17, 15) is 14.4 Å². The zero-order valence-corrected chi connectivity index (χ0v) is 15.6. The van der Waals surface area contributed by atoms with Crippen LogP contribution in [-0.4, -0.2) is 48.8 Å². The van der Waals surface area contributed by atoms with E-state index in [0.29, 0.717) is 5.02 Å². The number of carbonyl (C=O) groups excluding carboxylic acids is 3. The van der Waals surface area contributed by atoms with Crippen LogP contribution in [0.3, 0.4) is 0 Å². The van der Waals surface area contributed by atoms with Crippen LogP contribution in [0.5, 0.6) is 0 Å². The van der Waals surface area contributed by atoms with Gasteiger partial charge in [0.1, 0.15) is 6.61 Å². The van der Waals surface area contributed by atoms with Crippen LogP contribution >= 0.6 is 11.6 Å². The molecule has 6 nitrogen and oxygen atoms in total. The Balaban J connectivity index is 2.18. The predicted octanol–water partition coefficient (Wildman–Crippen LogP) is 1.97. The summed E-state index contributed by atoms with van der Waals surface area (Å²) in [6, 6.07) is 6.32. The van der Waals surface area contributed by atoms with Gasteiger partial charge in [0, 0.05) is 17.5 Å². The SMILES string of the molecule is CN1C(=O)COC(C(=O)NCC(=O)C(C)(C)C)C1c1ccc(Cl)cc1. The van der Waals surface area contributed by atoms with Gasteiger partial charge in [0.25, 0.3) is 5.91 Å². The quantitative estimate of drug-likeness (QED) is 0.884. The average molecular weight is 367 g/mol. The van der Waals surface area contributed by atoms with Crippen molar-refractivity contribution in [1.82, 2.24) is 10.2 Å². The number of amides is 2. The van der Waals surface area contributed by atoms with E-state index in [1.165, 1.54) is 4.90 Å². The number of carbonyl (C=O) groups is 3. The summed E-state index contributed by atoms with van der Waals surface area (Å²) in [7, 11) is 1.63. The van der Waals surface area contributed by atoms with Crippen LogP contribution in [0.1, 0.15) is 32.4 Å². The van der Waals surface area contributed by atoms with E-state index in [4.69, 9.17) is 16.3 Å². The number of Topliss-reactive ketones (excluding diaryl/α,β-unsaturated/α-hetero) is 1. The Morgan fingerprint density at radius 2 is 1.88 bits per heavy atom. The minimum Gasteiger partial charge on any atom is -0.356 e. The van der Waals surface area contributed by atoms with Gasteiger partial charge in [0.15, 0.2) is 11.9 Å². The fraction of sp³-hybridized carbons (Fsp3) is 0.500. The highest BCUT2D eigenvalue weighted by Crippen LogP contribution is 2.30. The third-order valence-corrected chi connectivity index (χ3v) is 4.47. The van der Waals surface area contributed by atoms with Crippen LogP contribution in [-0.2, 0) is 19.1 Å². The molecule has 0 saturated carbocycles. The van der Waals surface area contributed by atoms with Crippen molar-refractivity contribution >= 4 is 29.2 Å². The van der Waals surface area contributed by atoms with E-state index >= 15 is 0 Å². The molecule has 0 spiro atoms. The summed E-state index contributed by atoms with van der Waals surface area (Å²) in [6.07, 6.45) is -0.892. The number of nitrogens with one attached hydrogen (secondary N) is 1. The molecule has 7 heteroatoms. The van der Waals surface area contributed by atoms with Gasteiger partial charge in [-0.3, -0.25) is 14.4 Å². The van der Waals surface area contributed by atoms with Crippen molar-refractivity contribution in [1.29, 1.82) is 0 Å². The number of hydrogen-bond acceptors (Lipinski definition) is 4. The third-order valence-electron chi connectivity index (χ3n) is 4.21. The number of likely N-dealkylation sites (N-methyl/N-ethyl adjacent to an activating group) is 1. The number of nitrogens with zero attached hydrogens (tertiary/aromatic N) is 1. The van der Waals surface area contributed by atoms with Gasteiger partial charge < -0.3 is 15.0 Å². The summed E-state index contributed by atoms with van der Waals surface area (Å²) in [5.41, 5.74) is 0.200. The fourth-order valence-corrected chi connectivity index (χ4v) is 2.65. The van der Waals surface area contributed by atoms with Crippen molar-refractivity contribution in [3.63, 3.8) is 0 Å². The summed E-state index contributed by atoms with van der Waals surface area (Å²) < 4.78 is 5.49. The highest BCUT2D eigenvalue weighted by molar-refractivity contribution is 6.30. The first kappa shape index (κ1) is 19.4. The van der Waals surface area contributed by atoms with E-state index in [-0.39, 0.29) is 24.8 Å². The molecule has 0 bridgehead atoms. The highest BCUT2D eigenvalue weighted by Gasteiger charge is 2.40. The number of halogens is 1. The van der Waals surface area contributed by atoms with Crippen molar-refractivity contribution in [2.24, 2.45) is 5.41 Å². The van der Waals surface area contributed by atoms with E-state index < -0.39 is 23.5 Å². The second kappa shape index (κ2) is 7.54. The molecule has 1 fully saturated rings. The van der Waals surface area contributed by atoms with Crippen molar-refractivity contribution in [3.05, 3.63) is 34.9 Å². The van der Waals surface area contributed by atoms with Crippen LogP contribution in [0, 0.1) is 5.41 Å². The molecule has 1 heterocycles. The molecule has 1 aliphatic heterocycles. The molecule has 1 aromatic rings. The molecular weight excluding hydrogens is 344 g/mol. The Hall–Kier alpha value is -1.92. The summed E-state index contributed by atoms with van der Waals surface area (Å²) in [5, 5.41) is 3.19. The maximum absolute atomic E-state index is 12.6. The molecule has 1 saturated heterocycles. The Bertz CT molecular complexity index is 667. The maximum atomic E-state index is 12.6. The number of morpholine rings is 1. The third kappa shape index (κ3) is 4.58. The van der Waals surface area contributed by atoms with Crippen molar-refractivity contribution in [2.75, 3.05) is 20.2 Å². The summed E-state index contributed by atoms with van der Waals surface area (Å²) in [5.74, 6) is -0.712. The van der Waals surface area contributed by atoms with Crippen molar-refractivity contribution in [2.45, 2.75) is 32.9 Å². The average Bonchev–Trinajstić information content (AvgIpc) is 2.54. The molecular formula is C18H23ClN2O4. The summed E-state index contributed by atoms with van der Waals surface area (Å²) in [6.45, 7) is 5.13. The van der Waals surface area contributed by atoms with Crippen LogP contribution < -0.4 is 5.32 Å². The summed E-state index contributed by atoms with van der Waals surface area (Å²) in [4.78, 5) is 38.1. The lowest BCUT2D eigenvalue weighted by Gasteiger charge is -2.38. The molecule has 1 aliphatic rings. The van der Waals surface area contributed by atoms with E-state index in [0.717, 1.165) is 5.56 Å². The normalized spacial score (nSPS) is 21.2. The van der Waals surface area contributed by atoms with Gasteiger partial charge in [-0.25, -0.2) is 0 Å². The monoisotopic (exact) mass is 366 g/mol. The zero-order chi connectivity index (χ0) is 18.8. The number of ether oxygens (including phenoxy) is 1. The number of ketones is 1. The molecule has 2 atom stereocenters. The summed E-state index contributed by atoms with van der Waals surface area (Å²) >= 11 is 5.91. The lowest BCUT2D eigenvalue weighted by Crippen LogP contribution is -2.53. The van der Waals surface area contributed by atoms with Crippen LogP contribution in [0.25, 0.3) is 0 Å². The first-order valence-corrected chi connectivity index (χ1v) is 8.43. The zero-order valence-electron chi connectivity index (χ0n) is 14.8. The molecule has 1 N–H and O–H groups in total. The van der Waals surface area contributed by atoms with Gasteiger partial charge in [-0.1, -0.05) is 44.5 Å². The van der Waals surface area contributed by atoms with E-state index in [1.54, 1.807) is 52.1 Å². The molecule has 1 aromatic carbocycles. The molecule has 0 aliphatic carbocycles. The largest absolute Gasteiger partial charge is 0.356 e. The fourth-order valence-electron chi connectivity index (χ4n) is 2.52. The number of rotatable bonds is 4. The topological polar surface area (TPSA) is 75.7 Å². The van der Waals surface area contributed by atoms with Gasteiger partial charge >= 0.3 is 0 Å². The second-order valence-electron chi connectivity index (χ2n) is 7.12. The standard InChI is InChI=1S/C18H23ClN2O4/c1-18(2,3)13(22)9-20-17(24)16-15(21(4)14(23)10-25-16)11-5-7-12(19)8-6-11/h5-8,15-16H,9-10H2,1-4H3,(H,20,24). The van der Waals surface area contributed by atoms with E-state index in [1.807, 2.05) is 0 Å². The van der Waals surface area contributed by atoms with E-state index in [2.05, 4.69) is 5.32 Å². The Labute approximate surface area is 152 Å². The Kier molecular flexibility index (Phi) is 5.85. The maximum Gasteiger partial charge on any atom is 0.252 e. The minimum absolute atomic E-state index is 0.0762. The van der Waals surface area contributed by atoms with Crippen molar-refractivity contribution < 1.29 is 19.1 Å². The molecule has 25 heavy (non-hydrogen) atoms. The molecule has 136 valence electrons. The van der Waals surface area contributed by atoms with Gasteiger partial charge in [-0.2, -0.15) is 0 Å². The van der Waals surface area contributed by atoms with Crippen molar-refractivity contribution in [3.8, 4) is 0 Å². The van der Waals surface area contributed by atoms with Gasteiger partial charge in [-0.05, 0) is 17.7 Å². The smallest absolute Gasteiger partial charge is 0.252 e. The Morgan fingerprint density at radius 3 is 2.44 bits per heavy atom. The van der Waals surface area contributed by atoms with Gasteiger partial charge in [0.2, 0.25) is 5.91 Å². The number of benzene rings is 1. The first-order chi connectivity index (χ1) is 11.6. The van der Waals surface area contributed by atoms with Gasteiger partial charge in [0.05, 0.1) is 12.6 Å². The molecule has 2 rings (SSSR count). The van der Waals surface area contributed by atoms with Crippen LogP contribution in [0.4, 0.5) is 0 Å². The molecule has 0 aromatic heterocycles.